The summed E-state index contributed by atoms with van der Waals surface area (Å²) in [4.78, 5) is 14.9. The Hall–Kier alpha value is -3.40. The van der Waals surface area contributed by atoms with E-state index >= 15 is 0 Å². The molecule has 0 atom stereocenters. The lowest BCUT2D eigenvalue weighted by Gasteiger charge is -2.28. The summed E-state index contributed by atoms with van der Waals surface area (Å²) in [6.45, 7) is 0. The van der Waals surface area contributed by atoms with Crippen LogP contribution >= 0.6 is 0 Å². The van der Waals surface area contributed by atoms with Crippen LogP contribution in [-0.4, -0.2) is 24.5 Å². The molecular formula is C26H25F3N2O4S. The molecule has 0 radical (unpaired) electrons. The number of alkyl halides is 3. The number of aromatic nitrogens is 1. The lowest BCUT2D eigenvalue weighted by Crippen LogP contribution is -2.16. The number of carboxylic acid groups (broad SMARTS) is 1. The Labute approximate surface area is 207 Å². The molecule has 10 heteroatoms. The highest BCUT2D eigenvalue weighted by atomic mass is 32.2. The van der Waals surface area contributed by atoms with E-state index in [1.165, 1.54) is 11.8 Å². The molecule has 1 aliphatic rings. The molecule has 0 saturated heterocycles. The van der Waals surface area contributed by atoms with Crippen LogP contribution in [0.15, 0.2) is 71.8 Å². The van der Waals surface area contributed by atoms with Crippen molar-refractivity contribution in [2.75, 3.05) is 4.72 Å². The SMILES string of the molecule is O=C(O)C[C@H]1CC[C@H](c2ccc(-c3ccc(NS(=O)(=O)c4ccc(C(F)(F)F)cc4)cn3)cc2)CC1. The number of pyridine rings is 1. The van der Waals surface area contributed by atoms with Crippen molar-refractivity contribution in [1.29, 1.82) is 0 Å². The number of carbonyl (C=O) groups is 1. The largest absolute Gasteiger partial charge is 0.481 e. The summed E-state index contributed by atoms with van der Waals surface area (Å²) in [6, 6.07) is 14.5. The van der Waals surface area contributed by atoms with Gasteiger partial charge in [-0.15, -0.1) is 0 Å². The second kappa shape index (κ2) is 10.3. The molecule has 190 valence electrons. The zero-order valence-corrected chi connectivity index (χ0v) is 20.0. The average Bonchev–Trinajstić information content (AvgIpc) is 2.84. The van der Waals surface area contributed by atoms with Crippen molar-refractivity contribution in [3.05, 3.63) is 78.0 Å². The number of sulfonamides is 1. The third kappa shape index (κ3) is 6.23. The van der Waals surface area contributed by atoms with Crippen LogP contribution in [0.2, 0.25) is 0 Å². The number of benzene rings is 2. The van der Waals surface area contributed by atoms with Crippen LogP contribution < -0.4 is 4.72 Å². The summed E-state index contributed by atoms with van der Waals surface area (Å²) in [6.07, 6.45) is 0.776. The quantitative estimate of drug-likeness (QED) is 0.382. The summed E-state index contributed by atoms with van der Waals surface area (Å²) < 4.78 is 65.5. The molecule has 2 aromatic carbocycles. The van der Waals surface area contributed by atoms with Crippen LogP contribution in [0.4, 0.5) is 18.9 Å². The number of nitrogens with zero attached hydrogens (tertiary/aromatic N) is 1. The first-order valence-electron chi connectivity index (χ1n) is 11.5. The Kier molecular flexibility index (Phi) is 7.35. The second-order valence-corrected chi connectivity index (χ2v) is 10.7. The van der Waals surface area contributed by atoms with Gasteiger partial charge in [-0.1, -0.05) is 24.3 Å². The van der Waals surface area contributed by atoms with E-state index in [1.54, 1.807) is 12.1 Å². The van der Waals surface area contributed by atoms with E-state index in [-0.39, 0.29) is 22.9 Å². The van der Waals surface area contributed by atoms with Crippen LogP contribution in [0, 0.1) is 5.92 Å². The Balaban J connectivity index is 1.39. The third-order valence-electron chi connectivity index (χ3n) is 6.50. The highest BCUT2D eigenvalue weighted by molar-refractivity contribution is 7.92. The summed E-state index contributed by atoms with van der Waals surface area (Å²) in [5.41, 5.74) is 1.96. The second-order valence-electron chi connectivity index (χ2n) is 9.00. The Morgan fingerprint density at radius 1 is 0.944 bits per heavy atom. The zero-order chi connectivity index (χ0) is 25.9. The molecule has 1 aromatic heterocycles. The minimum absolute atomic E-state index is 0.188. The van der Waals surface area contributed by atoms with Gasteiger partial charge in [-0.25, -0.2) is 8.42 Å². The Morgan fingerprint density at radius 3 is 2.11 bits per heavy atom. The van der Waals surface area contributed by atoms with Crippen molar-refractivity contribution in [1.82, 2.24) is 4.98 Å². The number of hydrogen-bond donors (Lipinski definition) is 2. The maximum atomic E-state index is 12.7. The van der Waals surface area contributed by atoms with E-state index in [0.29, 0.717) is 11.6 Å². The molecule has 0 bridgehead atoms. The van der Waals surface area contributed by atoms with Crippen molar-refractivity contribution in [3.63, 3.8) is 0 Å². The van der Waals surface area contributed by atoms with Gasteiger partial charge in [0.1, 0.15) is 0 Å². The molecule has 4 rings (SSSR count). The smallest absolute Gasteiger partial charge is 0.416 e. The summed E-state index contributed by atoms with van der Waals surface area (Å²) in [5, 5.41) is 8.97. The van der Waals surface area contributed by atoms with E-state index in [9.17, 15) is 26.4 Å². The van der Waals surface area contributed by atoms with Crippen molar-refractivity contribution in [2.24, 2.45) is 5.92 Å². The van der Waals surface area contributed by atoms with E-state index < -0.39 is 27.7 Å². The number of hydrogen-bond acceptors (Lipinski definition) is 4. The molecule has 0 amide bonds. The third-order valence-corrected chi connectivity index (χ3v) is 7.89. The van der Waals surface area contributed by atoms with Crippen molar-refractivity contribution in [3.8, 4) is 11.3 Å². The average molecular weight is 519 g/mol. The van der Waals surface area contributed by atoms with Gasteiger partial charge < -0.3 is 5.11 Å². The van der Waals surface area contributed by atoms with E-state index in [2.05, 4.69) is 9.71 Å². The molecule has 1 aliphatic carbocycles. The van der Waals surface area contributed by atoms with Gasteiger partial charge in [0.2, 0.25) is 0 Å². The summed E-state index contributed by atoms with van der Waals surface area (Å²) >= 11 is 0. The van der Waals surface area contributed by atoms with Gasteiger partial charge in [0.15, 0.2) is 0 Å². The highest BCUT2D eigenvalue weighted by Gasteiger charge is 2.30. The maximum Gasteiger partial charge on any atom is 0.416 e. The van der Waals surface area contributed by atoms with Crippen LogP contribution in [0.3, 0.4) is 0 Å². The number of carboxylic acids is 1. The monoisotopic (exact) mass is 518 g/mol. The van der Waals surface area contributed by atoms with Crippen molar-refractivity contribution >= 4 is 21.7 Å². The lowest BCUT2D eigenvalue weighted by molar-refractivity contribution is -0.139. The Bertz CT molecular complexity index is 1300. The normalized spacial score (nSPS) is 18.5. The molecule has 0 aliphatic heterocycles. The summed E-state index contributed by atoms with van der Waals surface area (Å²) in [5.74, 6) is -0.0924. The van der Waals surface area contributed by atoms with E-state index in [0.717, 1.165) is 55.5 Å². The van der Waals surface area contributed by atoms with Gasteiger partial charge in [0.05, 0.1) is 28.0 Å². The predicted molar refractivity (Wildman–Crippen MR) is 129 cm³/mol. The van der Waals surface area contributed by atoms with Crippen LogP contribution in [-0.2, 0) is 21.0 Å². The van der Waals surface area contributed by atoms with Crippen LogP contribution in [0.25, 0.3) is 11.3 Å². The van der Waals surface area contributed by atoms with Gasteiger partial charge in [-0.2, -0.15) is 13.2 Å². The van der Waals surface area contributed by atoms with Gasteiger partial charge in [0.25, 0.3) is 10.0 Å². The zero-order valence-electron chi connectivity index (χ0n) is 19.2. The first kappa shape index (κ1) is 25.7. The molecule has 3 aromatic rings. The predicted octanol–water partition coefficient (Wildman–Crippen LogP) is 6.32. The summed E-state index contributed by atoms with van der Waals surface area (Å²) in [7, 11) is -4.07. The Morgan fingerprint density at radius 2 is 1.58 bits per heavy atom. The first-order valence-corrected chi connectivity index (χ1v) is 13.0. The molecule has 1 fully saturated rings. The van der Waals surface area contributed by atoms with Gasteiger partial charge >= 0.3 is 12.1 Å². The maximum absolute atomic E-state index is 12.7. The minimum atomic E-state index is -4.55. The fourth-order valence-electron chi connectivity index (χ4n) is 4.54. The van der Waals surface area contributed by atoms with Crippen molar-refractivity contribution in [2.45, 2.75) is 49.1 Å². The molecule has 1 heterocycles. The van der Waals surface area contributed by atoms with Crippen LogP contribution in [0.1, 0.15) is 49.1 Å². The topological polar surface area (TPSA) is 96.4 Å². The number of rotatable bonds is 7. The number of anilines is 1. The van der Waals surface area contributed by atoms with E-state index in [1.807, 2.05) is 24.3 Å². The minimum Gasteiger partial charge on any atom is -0.481 e. The number of halogens is 3. The molecule has 36 heavy (non-hydrogen) atoms. The molecule has 2 N–H and O–H groups in total. The van der Waals surface area contributed by atoms with Crippen LogP contribution in [0.5, 0.6) is 0 Å². The number of nitrogens with one attached hydrogen (secondary N) is 1. The molecule has 0 spiro atoms. The molecule has 1 saturated carbocycles. The molecule has 6 nitrogen and oxygen atoms in total. The molecule has 0 unspecified atom stereocenters. The van der Waals surface area contributed by atoms with Gasteiger partial charge in [-0.3, -0.25) is 14.5 Å². The van der Waals surface area contributed by atoms with E-state index in [4.69, 9.17) is 5.11 Å². The van der Waals surface area contributed by atoms with Gasteiger partial charge in [0, 0.05) is 12.0 Å². The standard InChI is InChI=1S/C26H25F3N2O4S/c27-26(28,29)21-9-12-23(13-10-21)36(34,35)31-22-11-14-24(30-16-22)20-7-5-19(6-8-20)18-3-1-17(2-4-18)15-25(32)33/h5-14,16-18,31H,1-4,15H2,(H,32,33)/t17-,18-. The lowest BCUT2D eigenvalue weighted by atomic mass is 9.77. The van der Waals surface area contributed by atoms with Gasteiger partial charge in [-0.05, 0) is 79.5 Å². The number of aliphatic carboxylic acids is 1. The first-order chi connectivity index (χ1) is 17.0. The fraction of sp³-hybridized carbons (Fsp3) is 0.308. The highest BCUT2D eigenvalue weighted by Crippen LogP contribution is 2.37. The van der Waals surface area contributed by atoms with Crippen molar-refractivity contribution < 1.29 is 31.5 Å². The fourth-order valence-corrected chi connectivity index (χ4v) is 5.58. The molecular weight excluding hydrogens is 493 g/mol.